The Morgan fingerprint density at radius 3 is 2.13 bits per heavy atom. The molecule has 0 aliphatic carbocycles. The van der Waals surface area contributed by atoms with Crippen molar-refractivity contribution >= 4 is 29.8 Å². The molecule has 6 rings (SSSR count). The van der Waals surface area contributed by atoms with Gasteiger partial charge < -0.3 is 83.1 Å². The zero-order chi connectivity index (χ0) is 45.0. The van der Waals surface area contributed by atoms with Crippen LogP contribution in [0.3, 0.4) is 0 Å². The van der Waals surface area contributed by atoms with Crippen molar-refractivity contribution in [2.45, 2.75) is 88.0 Å². The maximum absolute atomic E-state index is 14.2. The maximum atomic E-state index is 14.2. The van der Waals surface area contributed by atoms with Crippen molar-refractivity contribution < 1.29 is 107 Å². The van der Waals surface area contributed by atoms with Gasteiger partial charge in [0.1, 0.15) is 48.3 Å². The predicted molar refractivity (Wildman–Crippen MR) is 198 cm³/mol. The summed E-state index contributed by atoms with van der Waals surface area (Å²) >= 11 is 0. The summed E-state index contributed by atoms with van der Waals surface area (Å²) in [6.45, 7) is 4.34. The van der Waals surface area contributed by atoms with E-state index in [0.717, 1.165) is 44.4 Å². The first kappa shape index (κ1) is 45.5. The van der Waals surface area contributed by atoms with Gasteiger partial charge in [0.15, 0.2) is 41.3 Å². The van der Waals surface area contributed by atoms with Crippen LogP contribution in [0.1, 0.15) is 41.0 Å². The Morgan fingerprint density at radius 1 is 0.790 bits per heavy atom. The van der Waals surface area contributed by atoms with Crippen LogP contribution in [-0.4, -0.2) is 153 Å². The molecule has 22 heteroatoms. The molecule has 7 N–H and O–H groups in total. The number of hydrogen-bond acceptors (Lipinski definition) is 22. The van der Waals surface area contributed by atoms with E-state index in [4.69, 9.17) is 47.4 Å². The molecule has 2 aromatic carbocycles. The van der Waals surface area contributed by atoms with Gasteiger partial charge in [0.2, 0.25) is 18.9 Å². The molecule has 4 heterocycles. The number of para-hydroxylation sites is 2. The van der Waals surface area contributed by atoms with Gasteiger partial charge in [0.25, 0.3) is 0 Å². The van der Waals surface area contributed by atoms with Gasteiger partial charge in [0.05, 0.1) is 25.0 Å². The summed E-state index contributed by atoms with van der Waals surface area (Å²) in [6.07, 6.45) is -16.8. The molecule has 336 valence electrons. The van der Waals surface area contributed by atoms with Crippen molar-refractivity contribution in [2.24, 2.45) is 11.8 Å². The minimum atomic E-state index is -1.98. The number of fused-ring (bicyclic) bond motifs is 1. The number of benzene rings is 2. The largest absolute Gasteiger partial charge is 0.504 e. The molecule has 13 unspecified atom stereocenters. The van der Waals surface area contributed by atoms with Gasteiger partial charge in [-0.3, -0.25) is 9.59 Å². The number of ether oxygens (including phenoxy) is 10. The molecule has 0 radical (unpaired) electrons. The van der Waals surface area contributed by atoms with Crippen LogP contribution in [0.5, 0.6) is 23.0 Å². The summed E-state index contributed by atoms with van der Waals surface area (Å²) < 4.78 is 56.8. The lowest BCUT2D eigenvalue weighted by Gasteiger charge is -2.46. The van der Waals surface area contributed by atoms with Crippen molar-refractivity contribution in [1.29, 1.82) is 0 Å². The lowest BCUT2D eigenvalue weighted by atomic mass is 9.81. The van der Waals surface area contributed by atoms with Crippen LogP contribution in [0, 0.1) is 11.8 Å². The number of hydrogen-bond donors (Lipinski definition) is 7. The minimum absolute atomic E-state index is 0.0615. The highest BCUT2D eigenvalue weighted by Crippen LogP contribution is 2.41. The molecular weight excluding hydrogens is 832 g/mol. The Balaban J connectivity index is 1.39. The zero-order valence-corrected chi connectivity index (χ0v) is 32.9. The van der Waals surface area contributed by atoms with Crippen LogP contribution >= 0.6 is 0 Å². The Bertz CT molecular complexity index is 2050. The van der Waals surface area contributed by atoms with Crippen LogP contribution < -0.4 is 4.74 Å². The van der Waals surface area contributed by atoms with E-state index in [2.05, 4.69) is 6.58 Å². The lowest BCUT2D eigenvalue weighted by molar-refractivity contribution is -0.338. The summed E-state index contributed by atoms with van der Waals surface area (Å²) in [5, 5.41) is 72.3. The number of aliphatic hydroxyl groups excluding tert-OH is 4. The lowest BCUT2D eigenvalue weighted by Crippen LogP contribution is -2.64. The van der Waals surface area contributed by atoms with Gasteiger partial charge in [-0.1, -0.05) is 18.2 Å². The number of aromatic hydroxyl groups is 3. The van der Waals surface area contributed by atoms with Crippen LogP contribution in [0.15, 0.2) is 60.9 Å². The van der Waals surface area contributed by atoms with Gasteiger partial charge >= 0.3 is 29.8 Å². The molecule has 22 nitrogen and oxygen atoms in total. The van der Waals surface area contributed by atoms with Crippen molar-refractivity contribution in [3.63, 3.8) is 0 Å². The molecule has 62 heavy (non-hydrogen) atoms. The van der Waals surface area contributed by atoms with Gasteiger partial charge in [-0.05, 0) is 30.7 Å². The number of cyclic esters (lactones) is 1. The fraction of sp³-hybridized carbons (Fsp3) is 0.475. The van der Waals surface area contributed by atoms with E-state index < -0.39 is 157 Å². The first-order chi connectivity index (χ1) is 29.5. The summed E-state index contributed by atoms with van der Waals surface area (Å²) in [4.78, 5) is 65.5. The van der Waals surface area contributed by atoms with Crippen molar-refractivity contribution in [3.05, 3.63) is 72.0 Å². The van der Waals surface area contributed by atoms with E-state index in [9.17, 15) is 59.7 Å². The third kappa shape index (κ3) is 9.55. The highest BCUT2D eigenvalue weighted by Gasteiger charge is 2.55. The summed E-state index contributed by atoms with van der Waals surface area (Å²) in [5.41, 5.74) is -0.988. The summed E-state index contributed by atoms with van der Waals surface area (Å²) in [7, 11) is 0. The fourth-order valence-electron chi connectivity index (χ4n) is 7.23. The smallest absolute Gasteiger partial charge is 0.342 e. The Morgan fingerprint density at radius 2 is 1.45 bits per heavy atom. The van der Waals surface area contributed by atoms with E-state index in [-0.39, 0.29) is 12.2 Å². The molecule has 0 bridgehead atoms. The number of carbonyl (C=O) groups is 5. The highest BCUT2D eigenvalue weighted by atomic mass is 16.8. The highest BCUT2D eigenvalue weighted by molar-refractivity contribution is 5.94. The number of phenols is 3. The van der Waals surface area contributed by atoms with Crippen LogP contribution in [0.25, 0.3) is 0 Å². The Hall–Kier alpha value is -6.01. The van der Waals surface area contributed by atoms with Crippen molar-refractivity contribution in [2.75, 3.05) is 19.8 Å². The maximum Gasteiger partial charge on any atom is 0.342 e. The topological polar surface area (TPSA) is 319 Å². The van der Waals surface area contributed by atoms with E-state index in [1.165, 1.54) is 18.2 Å². The fourth-order valence-corrected chi connectivity index (χ4v) is 7.23. The van der Waals surface area contributed by atoms with E-state index >= 15 is 0 Å². The van der Waals surface area contributed by atoms with Crippen molar-refractivity contribution in [1.82, 2.24) is 0 Å². The second kappa shape index (κ2) is 19.4. The average Bonchev–Trinajstić information content (AvgIpc) is 3.23. The van der Waals surface area contributed by atoms with E-state index in [0.29, 0.717) is 6.42 Å². The molecule has 0 amide bonds. The summed E-state index contributed by atoms with van der Waals surface area (Å²) in [6, 6.07) is 6.71. The van der Waals surface area contributed by atoms with Crippen LogP contribution in [0.4, 0.5) is 0 Å². The Labute approximate surface area is 351 Å². The molecule has 0 aromatic heterocycles. The Kier molecular flexibility index (Phi) is 14.2. The monoisotopic (exact) mass is 876 g/mol. The molecule has 4 aliphatic heterocycles. The standard InChI is InChI=1S/C40H44O22/c1-4-18-19-11-12-53-35(50)22(19)14-55-38(18)62-40-34(60-36(51)20-7-5-9-23(44)27(20)46)33(56-17(3)43)32(26(58-40)15-54-16(2)42)59-37(52)21-8-6-10-24(45)31(21)61-39-30(49)29(48)28(47)25(13-41)57-39/h4-10,14,18-19,25-26,28-30,32-34,38-41,44-49H,1,11-13,15H2,2-3H3. The quantitative estimate of drug-likeness (QED) is 0.0581. The van der Waals surface area contributed by atoms with Crippen LogP contribution in [0.2, 0.25) is 0 Å². The second-order valence-corrected chi connectivity index (χ2v) is 14.4. The molecule has 4 aliphatic rings. The number of rotatable bonds is 13. The third-order valence-electron chi connectivity index (χ3n) is 10.3. The molecule has 3 fully saturated rings. The van der Waals surface area contributed by atoms with Gasteiger partial charge in [-0.15, -0.1) is 6.58 Å². The minimum Gasteiger partial charge on any atom is -0.504 e. The molecular formula is C40H44O22. The van der Waals surface area contributed by atoms with Gasteiger partial charge in [0, 0.05) is 25.7 Å². The SMILES string of the molecule is C=CC1C(OC2OC(COC(C)=O)C(OC(=O)c3cccc(O)c3OC3OC(CO)C(O)C(O)C3O)C(OC(C)=O)C2OC(=O)c2cccc(O)c2O)OC=C2C(=O)OCCC21. The predicted octanol–water partition coefficient (Wildman–Crippen LogP) is -0.425. The first-order valence-electron chi connectivity index (χ1n) is 19.0. The number of phenolic OH excluding ortho intramolecular Hbond substituents is 3. The average molecular weight is 877 g/mol. The summed E-state index contributed by atoms with van der Waals surface area (Å²) in [5.74, 6) is -9.58. The third-order valence-corrected chi connectivity index (χ3v) is 10.3. The van der Waals surface area contributed by atoms with E-state index in [1.807, 2.05) is 0 Å². The zero-order valence-electron chi connectivity index (χ0n) is 32.9. The van der Waals surface area contributed by atoms with Crippen LogP contribution in [-0.2, 0) is 57.0 Å². The van der Waals surface area contributed by atoms with Gasteiger partial charge in [-0.25, -0.2) is 14.4 Å². The molecule has 0 spiro atoms. The van der Waals surface area contributed by atoms with Crippen molar-refractivity contribution in [3.8, 4) is 23.0 Å². The second-order valence-electron chi connectivity index (χ2n) is 14.4. The number of aliphatic hydroxyl groups is 4. The van der Waals surface area contributed by atoms with E-state index in [1.54, 1.807) is 0 Å². The van der Waals surface area contributed by atoms with Gasteiger partial charge in [-0.2, -0.15) is 0 Å². The number of carbonyl (C=O) groups excluding carboxylic acids is 5. The molecule has 0 saturated carbocycles. The molecule has 3 saturated heterocycles. The molecule has 2 aromatic rings. The normalized spacial score (nSPS) is 31.7. The first-order valence-corrected chi connectivity index (χ1v) is 19.0. The molecule has 13 atom stereocenters. The number of esters is 5.